The van der Waals surface area contributed by atoms with Gasteiger partial charge in [-0.05, 0) is 42.6 Å². The first-order valence-electron chi connectivity index (χ1n) is 10.9. The van der Waals surface area contributed by atoms with Gasteiger partial charge >= 0.3 is 0 Å². The van der Waals surface area contributed by atoms with Gasteiger partial charge in [0.1, 0.15) is 0 Å². The van der Waals surface area contributed by atoms with Crippen molar-refractivity contribution < 1.29 is 8.42 Å². The Morgan fingerprint density at radius 3 is 2.37 bits per heavy atom. The molecule has 0 spiro atoms. The molecule has 0 amide bonds. The number of sulfonamides is 1. The maximum Gasteiger partial charge on any atom is 0.211 e. The summed E-state index contributed by atoms with van der Waals surface area (Å²) in [5.74, 6) is 2.73. The van der Waals surface area contributed by atoms with E-state index in [0.717, 1.165) is 51.3 Å². The SMILES string of the molecule is CCC1CN(C(=NC)NCC2CCN(S(C)(=O)=O)CC2)CCC1c1ccccc1.I. The summed E-state index contributed by atoms with van der Waals surface area (Å²) in [6.45, 7) is 6.45. The molecule has 2 saturated heterocycles. The Morgan fingerprint density at radius 2 is 1.80 bits per heavy atom. The van der Waals surface area contributed by atoms with Crippen molar-refractivity contribution in [2.45, 2.75) is 38.5 Å². The zero-order valence-corrected chi connectivity index (χ0v) is 21.6. The standard InChI is InChI=1S/C22H36N4O2S.HI/c1-4-19-17-25(13-12-21(19)20-8-6-5-7-9-20)22(23-2)24-16-18-10-14-26(15-11-18)29(3,27)28;/h5-9,18-19,21H,4,10-17H2,1-3H3,(H,23,24);1H. The van der Waals surface area contributed by atoms with Crippen LogP contribution in [-0.4, -0.2) is 69.6 Å². The average Bonchev–Trinajstić information content (AvgIpc) is 2.74. The summed E-state index contributed by atoms with van der Waals surface area (Å²) in [6, 6.07) is 10.9. The fraction of sp³-hybridized carbons (Fsp3) is 0.682. The van der Waals surface area contributed by atoms with Crippen LogP contribution < -0.4 is 5.32 Å². The molecule has 2 atom stereocenters. The predicted molar refractivity (Wildman–Crippen MR) is 135 cm³/mol. The quantitative estimate of drug-likeness (QED) is 0.348. The summed E-state index contributed by atoms with van der Waals surface area (Å²) in [6.07, 6.45) is 5.43. The normalized spacial score (nSPS) is 24.4. The summed E-state index contributed by atoms with van der Waals surface area (Å²) < 4.78 is 25.0. The highest BCUT2D eigenvalue weighted by atomic mass is 127. The van der Waals surface area contributed by atoms with Crippen molar-refractivity contribution in [3.8, 4) is 0 Å². The van der Waals surface area contributed by atoms with Crippen LogP contribution in [0.3, 0.4) is 0 Å². The number of hydrogen-bond acceptors (Lipinski definition) is 3. The molecule has 2 aliphatic rings. The van der Waals surface area contributed by atoms with E-state index >= 15 is 0 Å². The minimum absolute atomic E-state index is 0. The maximum atomic E-state index is 11.7. The number of aliphatic imine (C=N–C) groups is 1. The largest absolute Gasteiger partial charge is 0.356 e. The van der Waals surface area contributed by atoms with Gasteiger partial charge in [-0.15, -0.1) is 24.0 Å². The Morgan fingerprint density at radius 1 is 1.13 bits per heavy atom. The number of hydrogen-bond donors (Lipinski definition) is 1. The number of nitrogens with one attached hydrogen (secondary N) is 1. The van der Waals surface area contributed by atoms with E-state index < -0.39 is 10.0 Å². The van der Waals surface area contributed by atoms with Crippen LogP contribution in [0.5, 0.6) is 0 Å². The molecule has 0 aromatic heterocycles. The second-order valence-corrected chi connectivity index (χ2v) is 10.4. The Kier molecular flexibility index (Phi) is 9.87. The van der Waals surface area contributed by atoms with Gasteiger partial charge in [-0.25, -0.2) is 12.7 Å². The highest BCUT2D eigenvalue weighted by Crippen LogP contribution is 2.34. The molecule has 2 heterocycles. The molecule has 2 unspecified atom stereocenters. The van der Waals surface area contributed by atoms with Crippen molar-refractivity contribution in [3.63, 3.8) is 0 Å². The summed E-state index contributed by atoms with van der Waals surface area (Å²) in [7, 11) is -1.20. The van der Waals surface area contributed by atoms with E-state index in [1.54, 1.807) is 4.31 Å². The van der Waals surface area contributed by atoms with E-state index in [1.807, 2.05) is 7.05 Å². The van der Waals surface area contributed by atoms with Crippen LogP contribution >= 0.6 is 24.0 Å². The fourth-order valence-electron chi connectivity index (χ4n) is 4.79. The molecule has 8 heteroatoms. The first-order valence-corrected chi connectivity index (χ1v) is 12.7. The Labute approximate surface area is 199 Å². The molecule has 3 rings (SSSR count). The van der Waals surface area contributed by atoms with Gasteiger partial charge in [0.25, 0.3) is 0 Å². The van der Waals surface area contributed by atoms with Crippen LogP contribution in [0, 0.1) is 11.8 Å². The average molecular weight is 549 g/mol. The minimum Gasteiger partial charge on any atom is -0.356 e. The molecule has 0 bridgehead atoms. The van der Waals surface area contributed by atoms with E-state index in [0.29, 0.717) is 30.8 Å². The number of benzene rings is 1. The lowest BCUT2D eigenvalue weighted by molar-refractivity contribution is 0.213. The molecule has 1 aromatic carbocycles. The van der Waals surface area contributed by atoms with Gasteiger partial charge in [-0.1, -0.05) is 43.7 Å². The van der Waals surface area contributed by atoms with E-state index in [-0.39, 0.29) is 24.0 Å². The number of nitrogens with zero attached hydrogens (tertiary/aromatic N) is 3. The first kappa shape index (κ1) is 25.4. The van der Waals surface area contributed by atoms with Gasteiger partial charge in [0.2, 0.25) is 10.0 Å². The molecule has 30 heavy (non-hydrogen) atoms. The summed E-state index contributed by atoms with van der Waals surface area (Å²) in [5.41, 5.74) is 1.46. The van der Waals surface area contributed by atoms with Crippen molar-refractivity contribution in [3.05, 3.63) is 35.9 Å². The monoisotopic (exact) mass is 548 g/mol. The molecule has 1 aromatic rings. The second-order valence-electron chi connectivity index (χ2n) is 8.45. The molecule has 0 saturated carbocycles. The summed E-state index contributed by atoms with van der Waals surface area (Å²) >= 11 is 0. The van der Waals surface area contributed by atoms with Crippen molar-refractivity contribution >= 4 is 40.0 Å². The fourth-order valence-corrected chi connectivity index (χ4v) is 5.66. The molecule has 6 nitrogen and oxygen atoms in total. The molecule has 2 aliphatic heterocycles. The summed E-state index contributed by atoms with van der Waals surface area (Å²) in [5, 5.41) is 3.57. The summed E-state index contributed by atoms with van der Waals surface area (Å²) in [4.78, 5) is 6.94. The van der Waals surface area contributed by atoms with E-state index in [9.17, 15) is 8.42 Å². The zero-order valence-electron chi connectivity index (χ0n) is 18.5. The molecular formula is C22H37IN4O2S. The van der Waals surface area contributed by atoms with Gasteiger partial charge in [0.15, 0.2) is 5.96 Å². The lowest BCUT2D eigenvalue weighted by Crippen LogP contribution is -2.50. The van der Waals surface area contributed by atoms with Crippen LogP contribution in [0.4, 0.5) is 0 Å². The van der Waals surface area contributed by atoms with E-state index in [2.05, 4.69) is 52.5 Å². The van der Waals surface area contributed by atoms with Crippen LogP contribution in [-0.2, 0) is 10.0 Å². The van der Waals surface area contributed by atoms with Crippen molar-refractivity contribution in [1.82, 2.24) is 14.5 Å². The Bertz CT molecular complexity index is 780. The molecule has 170 valence electrons. The van der Waals surface area contributed by atoms with E-state index in [1.165, 1.54) is 11.8 Å². The number of rotatable bonds is 5. The van der Waals surface area contributed by atoms with Crippen molar-refractivity contribution in [2.75, 3.05) is 46.0 Å². The lowest BCUT2D eigenvalue weighted by atomic mass is 9.79. The van der Waals surface area contributed by atoms with Crippen LogP contribution in [0.2, 0.25) is 0 Å². The van der Waals surface area contributed by atoms with E-state index in [4.69, 9.17) is 0 Å². The van der Waals surface area contributed by atoms with Gasteiger partial charge in [0, 0.05) is 39.8 Å². The smallest absolute Gasteiger partial charge is 0.211 e. The number of guanidine groups is 1. The first-order chi connectivity index (χ1) is 13.9. The van der Waals surface area contributed by atoms with Gasteiger partial charge in [0.05, 0.1) is 6.26 Å². The third-order valence-electron chi connectivity index (χ3n) is 6.59. The molecule has 0 radical (unpaired) electrons. The molecule has 1 N–H and O–H groups in total. The lowest BCUT2D eigenvalue weighted by Gasteiger charge is -2.40. The van der Waals surface area contributed by atoms with Crippen molar-refractivity contribution in [2.24, 2.45) is 16.8 Å². The number of halogens is 1. The molecule has 2 fully saturated rings. The Balaban J connectivity index is 0.00000320. The third-order valence-corrected chi connectivity index (χ3v) is 7.89. The predicted octanol–water partition coefficient (Wildman–Crippen LogP) is 3.37. The molecule has 0 aliphatic carbocycles. The Hall–Kier alpha value is -0.870. The van der Waals surface area contributed by atoms with Gasteiger partial charge in [-0.3, -0.25) is 4.99 Å². The molecular weight excluding hydrogens is 511 g/mol. The van der Waals surface area contributed by atoms with Crippen LogP contribution in [0.1, 0.15) is 44.1 Å². The van der Waals surface area contributed by atoms with Gasteiger partial charge in [-0.2, -0.15) is 0 Å². The highest BCUT2D eigenvalue weighted by molar-refractivity contribution is 14.0. The third kappa shape index (κ3) is 6.56. The minimum atomic E-state index is -3.06. The van der Waals surface area contributed by atoms with Crippen LogP contribution in [0.25, 0.3) is 0 Å². The van der Waals surface area contributed by atoms with Crippen molar-refractivity contribution in [1.29, 1.82) is 0 Å². The second kappa shape index (κ2) is 11.7. The van der Waals surface area contributed by atoms with Gasteiger partial charge < -0.3 is 10.2 Å². The zero-order chi connectivity index (χ0) is 20.9. The maximum absolute atomic E-state index is 11.7. The number of piperidine rings is 2. The number of likely N-dealkylation sites (tertiary alicyclic amines) is 1. The highest BCUT2D eigenvalue weighted by Gasteiger charge is 2.31. The topological polar surface area (TPSA) is 65.0 Å². The van der Waals surface area contributed by atoms with Crippen LogP contribution in [0.15, 0.2) is 35.3 Å².